The number of nitrogens with zero attached hydrogens (tertiary/aromatic N) is 4. The first-order valence-electron chi connectivity index (χ1n) is 10.4. The van der Waals surface area contributed by atoms with Crippen LogP contribution in [0.4, 0.5) is 26.0 Å². The fraction of sp³-hybridized carbons (Fsp3) is 0.500. The van der Waals surface area contributed by atoms with Crippen molar-refractivity contribution in [3.8, 4) is 0 Å². The van der Waals surface area contributed by atoms with E-state index in [4.69, 9.17) is 4.74 Å². The van der Waals surface area contributed by atoms with Gasteiger partial charge in [-0.25, -0.2) is 13.8 Å². The van der Waals surface area contributed by atoms with Crippen molar-refractivity contribution in [3.05, 3.63) is 42.1 Å². The molecule has 0 radical (unpaired) electrons. The highest BCUT2D eigenvalue weighted by Crippen LogP contribution is 2.52. The molecular weight excluding hydrogens is 418 g/mol. The Balaban J connectivity index is 1.45. The van der Waals surface area contributed by atoms with Crippen LogP contribution in [0.3, 0.4) is 0 Å². The van der Waals surface area contributed by atoms with Crippen LogP contribution in [0.1, 0.15) is 31.0 Å². The number of alkyl halides is 2. The van der Waals surface area contributed by atoms with Gasteiger partial charge in [0.2, 0.25) is 5.92 Å². The molecule has 2 aliphatic rings. The molecule has 172 valence electrons. The number of anilines is 3. The van der Waals surface area contributed by atoms with E-state index < -0.39 is 17.4 Å². The van der Waals surface area contributed by atoms with Gasteiger partial charge in [0.15, 0.2) is 6.04 Å². The normalized spacial score (nSPS) is 20.8. The number of rotatable bonds is 7. The van der Waals surface area contributed by atoms with Crippen LogP contribution in [-0.2, 0) is 22.6 Å². The van der Waals surface area contributed by atoms with Crippen LogP contribution >= 0.6 is 0 Å². The zero-order valence-corrected chi connectivity index (χ0v) is 18.7. The van der Waals surface area contributed by atoms with Crippen LogP contribution in [0.15, 0.2) is 30.8 Å². The first-order chi connectivity index (χ1) is 15.0. The van der Waals surface area contributed by atoms with Crippen molar-refractivity contribution in [3.63, 3.8) is 0 Å². The highest BCUT2D eigenvalue weighted by atomic mass is 19.3. The fourth-order valence-corrected chi connectivity index (χ4v) is 4.64. The van der Waals surface area contributed by atoms with E-state index >= 15 is 0 Å². The maximum Gasteiger partial charge on any atom is 0.255 e. The summed E-state index contributed by atoms with van der Waals surface area (Å²) in [6.45, 7) is 8.47. The van der Waals surface area contributed by atoms with E-state index in [1.54, 1.807) is 10.9 Å². The molecule has 0 spiro atoms. The van der Waals surface area contributed by atoms with Crippen molar-refractivity contribution >= 4 is 23.1 Å². The Hall–Kier alpha value is -3.17. The number of nitrogens with one attached hydrogen (secondary N) is 2. The molecule has 0 unspecified atom stereocenters. The van der Waals surface area contributed by atoms with Crippen molar-refractivity contribution in [1.82, 2.24) is 14.8 Å². The third-order valence-electron chi connectivity index (χ3n) is 6.09. The molecule has 1 amide bonds. The van der Waals surface area contributed by atoms with Gasteiger partial charge in [-0.15, -0.1) is 0 Å². The Bertz CT molecular complexity index is 1060. The van der Waals surface area contributed by atoms with Gasteiger partial charge in [-0.05, 0) is 12.3 Å². The summed E-state index contributed by atoms with van der Waals surface area (Å²) in [6, 6.07) is 1.22. The molecule has 32 heavy (non-hydrogen) atoms. The predicted octanol–water partition coefficient (Wildman–Crippen LogP) is 3.55. The molecule has 10 heteroatoms. The van der Waals surface area contributed by atoms with Gasteiger partial charge < -0.3 is 20.3 Å². The van der Waals surface area contributed by atoms with Crippen LogP contribution < -0.4 is 15.5 Å². The lowest BCUT2D eigenvalue weighted by Crippen LogP contribution is -2.47. The minimum atomic E-state index is -2.55. The first-order valence-corrected chi connectivity index (χ1v) is 10.4. The van der Waals surface area contributed by atoms with Gasteiger partial charge >= 0.3 is 0 Å². The summed E-state index contributed by atoms with van der Waals surface area (Å²) >= 11 is 0. The number of pyridine rings is 1. The summed E-state index contributed by atoms with van der Waals surface area (Å²) in [6.07, 6.45) is 3.38. The molecule has 1 saturated carbocycles. The molecule has 1 aliphatic heterocycles. The average Bonchev–Trinajstić information content (AvgIpc) is 3.12. The number of hydrogen-bond acceptors (Lipinski definition) is 6. The van der Waals surface area contributed by atoms with Gasteiger partial charge in [0, 0.05) is 50.8 Å². The zero-order chi connectivity index (χ0) is 23.3. The second-order valence-corrected chi connectivity index (χ2v) is 9.08. The van der Waals surface area contributed by atoms with Crippen molar-refractivity contribution < 1.29 is 18.3 Å². The van der Waals surface area contributed by atoms with Gasteiger partial charge in [-0.3, -0.25) is 9.48 Å². The molecule has 2 aromatic heterocycles. The lowest BCUT2D eigenvalue weighted by molar-refractivity contribution is -0.159. The van der Waals surface area contributed by atoms with Gasteiger partial charge in [-0.2, -0.15) is 5.10 Å². The third-order valence-corrected chi connectivity index (χ3v) is 6.09. The SMILES string of the molecule is C=C(OC)[C@H]1C(=O)Nc2c(cc(NCc3cnn(CC4(C)CC(F)(F)C4)c3)nc2C)N1C. The number of aromatic nitrogens is 3. The minimum absolute atomic E-state index is 0.105. The van der Waals surface area contributed by atoms with Crippen molar-refractivity contribution in [2.45, 2.75) is 51.7 Å². The molecule has 8 nitrogen and oxygen atoms in total. The number of methoxy groups -OCH3 is 1. The summed E-state index contributed by atoms with van der Waals surface area (Å²) < 4.78 is 33.4. The second-order valence-electron chi connectivity index (χ2n) is 9.08. The Morgan fingerprint density at radius 2 is 2.16 bits per heavy atom. The number of likely N-dealkylation sites (N-methyl/N-ethyl adjacent to an activating group) is 1. The second kappa shape index (κ2) is 7.75. The number of aryl methyl sites for hydroxylation is 1. The zero-order valence-electron chi connectivity index (χ0n) is 18.7. The number of halogens is 2. The largest absolute Gasteiger partial charge is 0.499 e. The van der Waals surface area contributed by atoms with Crippen molar-refractivity contribution in [1.29, 1.82) is 0 Å². The molecule has 1 fully saturated rings. The summed E-state index contributed by atoms with van der Waals surface area (Å²) in [5.74, 6) is -1.78. The van der Waals surface area contributed by atoms with Crippen LogP contribution in [0.25, 0.3) is 0 Å². The van der Waals surface area contributed by atoms with Crippen molar-refractivity contribution in [2.75, 3.05) is 29.7 Å². The molecular formula is C22H28F2N6O2. The minimum Gasteiger partial charge on any atom is -0.499 e. The average molecular weight is 447 g/mol. The Labute approximate surface area is 185 Å². The monoisotopic (exact) mass is 446 g/mol. The summed E-state index contributed by atoms with van der Waals surface area (Å²) in [5, 5.41) is 10.5. The van der Waals surface area contributed by atoms with E-state index in [0.29, 0.717) is 36.0 Å². The summed E-state index contributed by atoms with van der Waals surface area (Å²) in [7, 11) is 3.30. The van der Waals surface area contributed by atoms with E-state index in [1.165, 1.54) is 7.11 Å². The lowest BCUT2D eigenvalue weighted by Gasteiger charge is -2.44. The standard InChI is InChI=1S/C22H28F2N6O2/c1-13-18-16(29(4)19(14(2)32-5)20(31)28-18)6-17(27-13)25-7-15-8-26-30(9-15)12-21(3)10-22(23,24)11-21/h6,8-9,19H,2,7,10-12H2,1,3-5H3,(H,25,27)(H,28,31)/t19-/m0/s1. The number of ether oxygens (including phenoxy) is 1. The van der Waals surface area contributed by atoms with Gasteiger partial charge in [0.25, 0.3) is 5.91 Å². The number of amides is 1. The van der Waals surface area contributed by atoms with E-state index in [1.807, 2.05) is 38.1 Å². The van der Waals surface area contributed by atoms with Gasteiger partial charge in [0.1, 0.15) is 11.6 Å². The van der Waals surface area contributed by atoms with E-state index in [-0.39, 0.29) is 18.7 Å². The maximum absolute atomic E-state index is 13.3. The van der Waals surface area contributed by atoms with Crippen molar-refractivity contribution in [2.24, 2.45) is 5.41 Å². The highest BCUT2D eigenvalue weighted by molar-refractivity contribution is 6.05. The molecule has 0 saturated heterocycles. The Kier molecular flexibility index (Phi) is 5.34. The van der Waals surface area contributed by atoms with E-state index in [9.17, 15) is 13.6 Å². The van der Waals surface area contributed by atoms with Crippen LogP contribution in [0.2, 0.25) is 0 Å². The quantitative estimate of drug-likeness (QED) is 0.633. The van der Waals surface area contributed by atoms with Crippen LogP contribution in [0.5, 0.6) is 0 Å². The number of hydrogen-bond donors (Lipinski definition) is 2. The number of fused-ring (bicyclic) bond motifs is 1. The third kappa shape index (κ3) is 4.13. The van der Waals surface area contributed by atoms with E-state index in [0.717, 1.165) is 11.3 Å². The molecule has 4 rings (SSSR count). The molecule has 0 bridgehead atoms. The van der Waals surface area contributed by atoms with Crippen LogP contribution in [0, 0.1) is 12.3 Å². The van der Waals surface area contributed by atoms with Crippen LogP contribution in [-0.4, -0.2) is 46.8 Å². The Morgan fingerprint density at radius 1 is 1.44 bits per heavy atom. The topological polar surface area (TPSA) is 84.3 Å². The van der Waals surface area contributed by atoms with E-state index in [2.05, 4.69) is 27.3 Å². The molecule has 2 aromatic rings. The summed E-state index contributed by atoms with van der Waals surface area (Å²) in [4.78, 5) is 18.9. The van der Waals surface area contributed by atoms with Gasteiger partial charge in [-0.1, -0.05) is 13.5 Å². The predicted molar refractivity (Wildman–Crippen MR) is 118 cm³/mol. The molecule has 1 atom stereocenters. The highest BCUT2D eigenvalue weighted by Gasteiger charge is 2.53. The molecule has 3 heterocycles. The van der Waals surface area contributed by atoms with Gasteiger partial charge in [0.05, 0.1) is 30.4 Å². The smallest absolute Gasteiger partial charge is 0.255 e. The first kappa shape index (κ1) is 22.0. The number of carbonyl (C=O) groups is 1. The lowest BCUT2D eigenvalue weighted by atomic mass is 9.67. The Morgan fingerprint density at radius 3 is 2.81 bits per heavy atom. The molecule has 2 N–H and O–H groups in total. The maximum atomic E-state index is 13.3. The summed E-state index contributed by atoms with van der Waals surface area (Å²) in [5.41, 5.74) is 2.64. The number of carbonyl (C=O) groups excluding carboxylic acids is 1. The fourth-order valence-electron chi connectivity index (χ4n) is 4.64. The molecule has 0 aromatic carbocycles. The molecule has 1 aliphatic carbocycles.